The number of nitrogens with zero attached hydrogens (tertiary/aromatic N) is 2. The van der Waals surface area contributed by atoms with E-state index in [0.717, 1.165) is 5.56 Å². The lowest BCUT2D eigenvalue weighted by Crippen LogP contribution is -2.24. The van der Waals surface area contributed by atoms with Gasteiger partial charge in [-0.05, 0) is 17.7 Å². The third kappa shape index (κ3) is 4.92. The fraction of sp³-hybridized carbons (Fsp3) is 0.267. The van der Waals surface area contributed by atoms with Crippen molar-refractivity contribution >= 4 is 29.3 Å². The van der Waals surface area contributed by atoms with Crippen LogP contribution < -0.4 is 26.3 Å². The molecule has 8 nitrogen and oxygen atoms in total. The lowest BCUT2D eigenvalue weighted by atomic mass is 10.2. The van der Waals surface area contributed by atoms with Crippen molar-refractivity contribution in [1.29, 1.82) is 0 Å². The number of benzene rings is 1. The Morgan fingerprint density at radius 2 is 1.79 bits per heavy atom. The van der Waals surface area contributed by atoms with Crippen LogP contribution in [0.25, 0.3) is 0 Å². The Morgan fingerprint density at radius 3 is 2.42 bits per heavy atom. The number of carbonyl (C=O) groups excluding carboxylic acids is 1. The summed E-state index contributed by atoms with van der Waals surface area (Å²) in [6, 6.07) is 6.92. The number of hydrogen-bond acceptors (Lipinski definition) is 8. The summed E-state index contributed by atoms with van der Waals surface area (Å²) in [5, 5.41) is 3.18. The van der Waals surface area contributed by atoms with E-state index in [1.807, 2.05) is 12.1 Å². The molecule has 0 unspecified atom stereocenters. The van der Waals surface area contributed by atoms with Crippen LogP contribution in [0.5, 0.6) is 11.5 Å². The smallest absolute Gasteiger partial charge is 0.230 e. The summed E-state index contributed by atoms with van der Waals surface area (Å²) in [4.78, 5) is 19.9. The van der Waals surface area contributed by atoms with Gasteiger partial charge >= 0.3 is 0 Å². The normalized spacial score (nSPS) is 10.2. The highest BCUT2D eigenvalue weighted by Crippen LogP contribution is 2.27. The quantitative estimate of drug-likeness (QED) is 0.500. The number of amides is 1. The Balaban J connectivity index is 1.87. The number of methoxy groups -OCH3 is 2. The summed E-state index contributed by atoms with van der Waals surface area (Å²) in [6.07, 6.45) is 0. The number of nitrogens with two attached hydrogens (primary N) is 2. The average molecular weight is 349 g/mol. The molecular formula is C15H19N5O3S. The Labute approximate surface area is 143 Å². The molecule has 0 fully saturated rings. The van der Waals surface area contributed by atoms with Crippen molar-refractivity contribution in [1.82, 2.24) is 15.3 Å². The van der Waals surface area contributed by atoms with Crippen LogP contribution in [-0.4, -0.2) is 35.8 Å². The number of rotatable bonds is 7. The first-order valence-corrected chi connectivity index (χ1v) is 8.01. The minimum absolute atomic E-state index is 0.153. The molecule has 2 aromatic rings. The van der Waals surface area contributed by atoms with Gasteiger partial charge in [0.2, 0.25) is 5.91 Å². The molecule has 0 spiro atoms. The van der Waals surface area contributed by atoms with Crippen LogP contribution in [0.3, 0.4) is 0 Å². The van der Waals surface area contributed by atoms with Gasteiger partial charge < -0.3 is 26.3 Å². The number of ether oxygens (including phenoxy) is 2. The van der Waals surface area contributed by atoms with Crippen molar-refractivity contribution in [2.75, 3.05) is 31.4 Å². The molecule has 1 aromatic carbocycles. The van der Waals surface area contributed by atoms with Crippen LogP contribution in [0.4, 0.5) is 11.6 Å². The highest BCUT2D eigenvalue weighted by atomic mass is 32.2. The van der Waals surface area contributed by atoms with E-state index in [0.29, 0.717) is 23.2 Å². The summed E-state index contributed by atoms with van der Waals surface area (Å²) in [5.74, 6) is 1.81. The van der Waals surface area contributed by atoms with E-state index in [1.165, 1.54) is 17.8 Å². The zero-order valence-electron chi connectivity index (χ0n) is 13.4. The van der Waals surface area contributed by atoms with E-state index in [-0.39, 0.29) is 23.3 Å². The van der Waals surface area contributed by atoms with Crippen LogP contribution in [-0.2, 0) is 11.3 Å². The Hall–Kier alpha value is -2.68. The summed E-state index contributed by atoms with van der Waals surface area (Å²) in [5.41, 5.74) is 12.1. The zero-order chi connectivity index (χ0) is 17.5. The Kier molecular flexibility index (Phi) is 6.07. The van der Waals surface area contributed by atoms with Gasteiger partial charge in [-0.1, -0.05) is 17.8 Å². The van der Waals surface area contributed by atoms with Gasteiger partial charge in [0.15, 0.2) is 16.7 Å². The molecule has 0 radical (unpaired) electrons. The topological polar surface area (TPSA) is 125 Å². The van der Waals surface area contributed by atoms with Crippen LogP contribution >= 0.6 is 11.8 Å². The number of nitrogens with one attached hydrogen (secondary N) is 1. The van der Waals surface area contributed by atoms with E-state index in [4.69, 9.17) is 20.9 Å². The number of carbonyl (C=O) groups is 1. The van der Waals surface area contributed by atoms with Crippen molar-refractivity contribution in [3.8, 4) is 11.5 Å². The van der Waals surface area contributed by atoms with Crippen molar-refractivity contribution in [3.63, 3.8) is 0 Å². The molecule has 2 rings (SSSR count). The zero-order valence-corrected chi connectivity index (χ0v) is 14.2. The molecule has 0 aliphatic rings. The van der Waals surface area contributed by atoms with Gasteiger partial charge in [-0.15, -0.1) is 0 Å². The van der Waals surface area contributed by atoms with Gasteiger partial charge in [0.1, 0.15) is 11.6 Å². The molecule has 1 amide bonds. The monoisotopic (exact) mass is 349 g/mol. The average Bonchev–Trinajstić information content (AvgIpc) is 2.57. The Bertz CT molecular complexity index is 706. The SMILES string of the molecule is COc1ccc(CNC(=O)CSc2nc(N)cc(N)n2)cc1OC. The van der Waals surface area contributed by atoms with E-state index in [1.54, 1.807) is 20.3 Å². The maximum Gasteiger partial charge on any atom is 0.230 e. The molecule has 0 atom stereocenters. The molecule has 0 aliphatic heterocycles. The summed E-state index contributed by atoms with van der Waals surface area (Å²) < 4.78 is 10.4. The largest absolute Gasteiger partial charge is 0.493 e. The van der Waals surface area contributed by atoms with Crippen LogP contribution in [0.2, 0.25) is 0 Å². The number of nitrogen functional groups attached to an aromatic ring is 2. The lowest BCUT2D eigenvalue weighted by molar-refractivity contribution is -0.118. The second kappa shape index (κ2) is 8.25. The van der Waals surface area contributed by atoms with Crippen molar-refractivity contribution in [2.24, 2.45) is 0 Å². The van der Waals surface area contributed by atoms with Gasteiger partial charge in [0, 0.05) is 12.6 Å². The maximum absolute atomic E-state index is 11.9. The minimum Gasteiger partial charge on any atom is -0.493 e. The highest BCUT2D eigenvalue weighted by molar-refractivity contribution is 7.99. The van der Waals surface area contributed by atoms with Gasteiger partial charge in [-0.3, -0.25) is 4.79 Å². The van der Waals surface area contributed by atoms with E-state index in [9.17, 15) is 4.79 Å². The number of thioether (sulfide) groups is 1. The minimum atomic E-state index is -0.153. The van der Waals surface area contributed by atoms with Gasteiger partial charge in [0.05, 0.1) is 20.0 Å². The van der Waals surface area contributed by atoms with Crippen LogP contribution in [0.15, 0.2) is 29.4 Å². The summed E-state index contributed by atoms with van der Waals surface area (Å²) in [7, 11) is 3.13. The second-order valence-corrected chi connectivity index (χ2v) is 5.70. The fourth-order valence-electron chi connectivity index (χ4n) is 1.90. The molecule has 1 aromatic heterocycles. The number of anilines is 2. The first-order valence-electron chi connectivity index (χ1n) is 7.02. The van der Waals surface area contributed by atoms with Gasteiger partial charge in [-0.2, -0.15) is 0 Å². The van der Waals surface area contributed by atoms with Crippen molar-refractivity contribution < 1.29 is 14.3 Å². The molecule has 0 saturated carbocycles. The molecule has 0 saturated heterocycles. The fourth-order valence-corrected chi connectivity index (χ4v) is 2.60. The molecule has 128 valence electrons. The summed E-state index contributed by atoms with van der Waals surface area (Å²) >= 11 is 1.17. The van der Waals surface area contributed by atoms with Gasteiger partial charge in [0.25, 0.3) is 0 Å². The lowest BCUT2D eigenvalue weighted by Gasteiger charge is -2.10. The predicted octanol–water partition coefficient (Wildman–Crippen LogP) is 1.07. The molecular weight excluding hydrogens is 330 g/mol. The third-order valence-electron chi connectivity index (χ3n) is 3.02. The molecule has 0 aliphatic carbocycles. The molecule has 5 N–H and O–H groups in total. The van der Waals surface area contributed by atoms with Crippen molar-refractivity contribution in [2.45, 2.75) is 11.7 Å². The molecule has 24 heavy (non-hydrogen) atoms. The highest BCUT2D eigenvalue weighted by Gasteiger charge is 2.08. The molecule has 0 bridgehead atoms. The van der Waals surface area contributed by atoms with Gasteiger partial charge in [-0.25, -0.2) is 9.97 Å². The number of aromatic nitrogens is 2. The standard InChI is InChI=1S/C15H19N5O3S/c1-22-10-4-3-9(5-11(10)23-2)7-18-14(21)8-24-15-19-12(16)6-13(17)20-15/h3-6H,7-8H2,1-2H3,(H,18,21)(H4,16,17,19,20). The predicted molar refractivity (Wildman–Crippen MR) is 93.0 cm³/mol. The van der Waals surface area contributed by atoms with E-state index < -0.39 is 0 Å². The van der Waals surface area contributed by atoms with E-state index >= 15 is 0 Å². The molecule has 1 heterocycles. The summed E-state index contributed by atoms with van der Waals surface area (Å²) in [6.45, 7) is 0.375. The second-order valence-electron chi connectivity index (χ2n) is 4.75. The van der Waals surface area contributed by atoms with Crippen LogP contribution in [0.1, 0.15) is 5.56 Å². The Morgan fingerprint density at radius 1 is 1.12 bits per heavy atom. The van der Waals surface area contributed by atoms with Crippen molar-refractivity contribution in [3.05, 3.63) is 29.8 Å². The van der Waals surface area contributed by atoms with Crippen LogP contribution in [0, 0.1) is 0 Å². The third-order valence-corrected chi connectivity index (χ3v) is 3.86. The van der Waals surface area contributed by atoms with E-state index in [2.05, 4.69) is 15.3 Å². The first kappa shape index (κ1) is 17.7. The first-order chi connectivity index (χ1) is 11.5. The number of hydrogen-bond donors (Lipinski definition) is 3. The maximum atomic E-state index is 11.9. The molecule has 9 heteroatoms.